The third-order valence-electron chi connectivity index (χ3n) is 5.99. The average molecular weight is 459 g/mol. The predicted molar refractivity (Wildman–Crippen MR) is 127 cm³/mol. The van der Waals surface area contributed by atoms with E-state index in [9.17, 15) is 19.5 Å². The van der Waals surface area contributed by atoms with Crippen LogP contribution in [0.5, 0.6) is 0 Å². The molecule has 0 aliphatic heterocycles. The van der Waals surface area contributed by atoms with Crippen molar-refractivity contribution in [2.24, 2.45) is 0 Å². The number of alkyl carbamates (subject to hydrolysis) is 1. The minimum Gasteiger partial charge on any atom is -0.481 e. The largest absolute Gasteiger partial charge is 0.481 e. The molecule has 1 aliphatic carbocycles. The van der Waals surface area contributed by atoms with Crippen LogP contribution in [0, 0.1) is 0 Å². The van der Waals surface area contributed by atoms with Crippen LogP contribution < -0.4 is 10.6 Å². The van der Waals surface area contributed by atoms with Crippen molar-refractivity contribution in [1.82, 2.24) is 10.6 Å². The molecule has 1 aliphatic rings. The Balaban J connectivity index is 1.41. The molecule has 3 aromatic rings. The zero-order chi connectivity index (χ0) is 24.1. The molecule has 3 N–H and O–H groups in total. The van der Waals surface area contributed by atoms with Crippen LogP contribution in [-0.2, 0) is 14.3 Å². The number of benzene rings is 3. The lowest BCUT2D eigenvalue weighted by atomic mass is 9.98. The molecule has 7 nitrogen and oxygen atoms in total. The number of carbonyl (C=O) groups excluding carboxylic acids is 2. The topological polar surface area (TPSA) is 105 Å². The van der Waals surface area contributed by atoms with Crippen molar-refractivity contribution in [3.63, 3.8) is 0 Å². The molecule has 0 saturated heterocycles. The molecule has 7 heteroatoms. The summed E-state index contributed by atoms with van der Waals surface area (Å²) in [6.07, 6.45) is -1.40. The first-order valence-electron chi connectivity index (χ1n) is 11.1. The van der Waals surface area contributed by atoms with Crippen molar-refractivity contribution in [3.05, 3.63) is 95.6 Å². The summed E-state index contributed by atoms with van der Waals surface area (Å²) in [6, 6.07) is 23.6. The van der Waals surface area contributed by atoms with E-state index in [0.717, 1.165) is 27.8 Å². The monoisotopic (exact) mass is 458 g/mol. The number of hydrogen-bond acceptors (Lipinski definition) is 4. The number of nitrogens with one attached hydrogen (secondary N) is 2. The van der Waals surface area contributed by atoms with Gasteiger partial charge in [-0.15, -0.1) is 0 Å². The first kappa shape index (κ1) is 23.0. The Bertz CT molecular complexity index is 1150. The van der Waals surface area contributed by atoms with E-state index >= 15 is 0 Å². The number of rotatable bonds is 8. The minimum absolute atomic E-state index is 0.0711. The van der Waals surface area contributed by atoms with E-state index in [0.29, 0.717) is 0 Å². The van der Waals surface area contributed by atoms with Gasteiger partial charge in [-0.1, -0.05) is 78.9 Å². The smallest absolute Gasteiger partial charge is 0.407 e. The van der Waals surface area contributed by atoms with Gasteiger partial charge >= 0.3 is 12.1 Å². The summed E-state index contributed by atoms with van der Waals surface area (Å²) >= 11 is 0. The third kappa shape index (κ3) is 5.09. The number of fused-ring (bicyclic) bond motifs is 3. The highest BCUT2D eigenvalue weighted by atomic mass is 16.5. The lowest BCUT2D eigenvalue weighted by molar-refractivity contribution is -0.140. The van der Waals surface area contributed by atoms with Crippen LogP contribution in [0.3, 0.4) is 0 Å². The summed E-state index contributed by atoms with van der Waals surface area (Å²) in [5.74, 6) is -1.93. The number of carbonyl (C=O) groups is 3. The Morgan fingerprint density at radius 1 is 0.853 bits per heavy atom. The van der Waals surface area contributed by atoms with Gasteiger partial charge in [0.05, 0.1) is 12.5 Å². The van der Waals surface area contributed by atoms with Crippen molar-refractivity contribution in [2.45, 2.75) is 31.3 Å². The van der Waals surface area contributed by atoms with Gasteiger partial charge in [0, 0.05) is 5.92 Å². The van der Waals surface area contributed by atoms with Gasteiger partial charge in [-0.25, -0.2) is 4.79 Å². The van der Waals surface area contributed by atoms with Gasteiger partial charge in [-0.05, 0) is 34.7 Å². The zero-order valence-electron chi connectivity index (χ0n) is 18.7. The van der Waals surface area contributed by atoms with Crippen molar-refractivity contribution >= 4 is 18.0 Å². The van der Waals surface area contributed by atoms with E-state index in [4.69, 9.17) is 4.74 Å². The van der Waals surface area contributed by atoms with Crippen LogP contribution in [0.1, 0.15) is 42.0 Å². The van der Waals surface area contributed by atoms with Crippen LogP contribution in [0.25, 0.3) is 11.1 Å². The summed E-state index contributed by atoms with van der Waals surface area (Å²) < 4.78 is 5.47. The van der Waals surface area contributed by atoms with Crippen molar-refractivity contribution in [1.29, 1.82) is 0 Å². The van der Waals surface area contributed by atoms with Crippen molar-refractivity contribution < 1.29 is 24.2 Å². The second kappa shape index (κ2) is 10.2. The van der Waals surface area contributed by atoms with Crippen molar-refractivity contribution in [3.8, 4) is 11.1 Å². The highest BCUT2D eigenvalue weighted by Gasteiger charge is 2.30. The molecule has 3 aromatic carbocycles. The average Bonchev–Trinajstić information content (AvgIpc) is 3.16. The molecule has 0 radical (unpaired) electrons. The molecule has 4 rings (SSSR count). The fourth-order valence-corrected chi connectivity index (χ4v) is 4.31. The molecule has 0 saturated carbocycles. The van der Waals surface area contributed by atoms with Crippen LogP contribution in [0.4, 0.5) is 4.79 Å². The second-order valence-corrected chi connectivity index (χ2v) is 8.26. The Morgan fingerprint density at radius 3 is 2.00 bits per heavy atom. The maximum atomic E-state index is 12.7. The van der Waals surface area contributed by atoms with Gasteiger partial charge in [0.25, 0.3) is 0 Å². The standard InChI is InChI=1S/C27H26N2O5/c1-17(18-9-3-2-4-10-18)28-26(32)24(15-25(30)31)29-27(33)34-16-23-21-13-7-5-11-19(21)20-12-6-8-14-22(20)23/h2-14,17,23-24H,15-16H2,1H3,(H,28,32)(H,29,33)(H,30,31)/t17-,24?/m1/s1. The summed E-state index contributed by atoms with van der Waals surface area (Å²) in [5.41, 5.74) is 5.20. The van der Waals surface area contributed by atoms with E-state index in [1.165, 1.54) is 0 Å². The summed E-state index contributed by atoms with van der Waals surface area (Å²) in [6.45, 7) is 1.86. The van der Waals surface area contributed by atoms with Gasteiger partial charge in [-0.2, -0.15) is 0 Å². The molecule has 0 bridgehead atoms. The summed E-state index contributed by atoms with van der Waals surface area (Å²) in [5, 5.41) is 14.4. The maximum absolute atomic E-state index is 12.7. The molecular weight excluding hydrogens is 432 g/mol. The van der Waals surface area contributed by atoms with Crippen LogP contribution in [-0.4, -0.2) is 35.7 Å². The minimum atomic E-state index is -1.26. The SMILES string of the molecule is C[C@@H](NC(=O)C(CC(=O)O)NC(=O)OCC1c2ccccc2-c2ccccc21)c1ccccc1. The first-order chi connectivity index (χ1) is 16.4. The number of amides is 2. The molecule has 1 unspecified atom stereocenters. The summed E-state index contributed by atoms with van der Waals surface area (Å²) in [7, 11) is 0. The Hall–Kier alpha value is -4.13. The Kier molecular flexibility index (Phi) is 6.92. The predicted octanol–water partition coefficient (Wildman–Crippen LogP) is 4.25. The van der Waals surface area contributed by atoms with Gasteiger partial charge in [0.1, 0.15) is 12.6 Å². The quantitative estimate of drug-likeness (QED) is 0.468. The van der Waals surface area contributed by atoms with Gasteiger partial charge in [0.15, 0.2) is 0 Å². The number of ether oxygens (including phenoxy) is 1. The number of carboxylic acids is 1. The lowest BCUT2D eigenvalue weighted by Gasteiger charge is -2.21. The van der Waals surface area contributed by atoms with E-state index in [2.05, 4.69) is 10.6 Å². The number of aliphatic carboxylic acids is 1. The Labute approximate surface area is 197 Å². The lowest BCUT2D eigenvalue weighted by Crippen LogP contribution is -2.48. The molecule has 34 heavy (non-hydrogen) atoms. The molecule has 2 amide bonds. The highest BCUT2D eigenvalue weighted by molar-refractivity contribution is 5.89. The highest BCUT2D eigenvalue weighted by Crippen LogP contribution is 2.44. The van der Waals surface area contributed by atoms with Crippen LogP contribution in [0.2, 0.25) is 0 Å². The fourth-order valence-electron chi connectivity index (χ4n) is 4.31. The molecule has 174 valence electrons. The third-order valence-corrected chi connectivity index (χ3v) is 5.99. The molecule has 0 spiro atoms. The molecular formula is C27H26N2O5. The number of carboxylic acid groups (broad SMARTS) is 1. The fraction of sp³-hybridized carbons (Fsp3) is 0.222. The second-order valence-electron chi connectivity index (χ2n) is 8.26. The normalized spacial score (nSPS) is 13.8. The van der Waals surface area contributed by atoms with E-state index in [1.807, 2.05) is 78.9 Å². The van der Waals surface area contributed by atoms with E-state index < -0.39 is 30.4 Å². The van der Waals surface area contributed by atoms with Gasteiger partial charge in [0.2, 0.25) is 5.91 Å². The number of hydrogen-bond donors (Lipinski definition) is 3. The summed E-state index contributed by atoms with van der Waals surface area (Å²) in [4.78, 5) is 36.6. The first-order valence-corrected chi connectivity index (χ1v) is 11.1. The molecule has 0 fully saturated rings. The zero-order valence-corrected chi connectivity index (χ0v) is 18.7. The van der Waals surface area contributed by atoms with Crippen LogP contribution >= 0.6 is 0 Å². The molecule has 2 atom stereocenters. The van der Waals surface area contributed by atoms with Gasteiger partial charge < -0.3 is 20.5 Å². The molecule has 0 heterocycles. The van der Waals surface area contributed by atoms with E-state index in [-0.39, 0.29) is 18.6 Å². The van der Waals surface area contributed by atoms with Crippen LogP contribution in [0.15, 0.2) is 78.9 Å². The molecule has 0 aromatic heterocycles. The van der Waals surface area contributed by atoms with E-state index in [1.54, 1.807) is 6.92 Å². The Morgan fingerprint density at radius 2 is 1.41 bits per heavy atom. The van der Waals surface area contributed by atoms with Gasteiger partial charge in [-0.3, -0.25) is 9.59 Å². The van der Waals surface area contributed by atoms with Crippen molar-refractivity contribution in [2.75, 3.05) is 6.61 Å². The maximum Gasteiger partial charge on any atom is 0.407 e.